The van der Waals surface area contributed by atoms with Crippen molar-refractivity contribution in [2.24, 2.45) is 0 Å². The van der Waals surface area contributed by atoms with Crippen molar-refractivity contribution in [1.29, 1.82) is 0 Å². The third kappa shape index (κ3) is 3.01. The molecule has 1 atom stereocenters. The summed E-state index contributed by atoms with van der Waals surface area (Å²) in [6.07, 6.45) is 0.412. The van der Waals surface area contributed by atoms with E-state index in [1.807, 2.05) is 11.8 Å². The molecular weight excluding hydrogens is 158 g/mol. The first-order chi connectivity index (χ1) is 5.14. The zero-order valence-electron chi connectivity index (χ0n) is 7.52. The van der Waals surface area contributed by atoms with Crippen LogP contribution in [0.4, 0.5) is 0 Å². The van der Waals surface area contributed by atoms with E-state index in [0.717, 1.165) is 12.3 Å². The molecule has 1 unspecified atom stereocenters. The Labute approximate surface area is 73.1 Å². The summed E-state index contributed by atoms with van der Waals surface area (Å²) in [6, 6.07) is 0. The molecule has 0 aromatic heterocycles. The predicted octanol–water partition coefficient (Wildman–Crippen LogP) is 1.46. The Morgan fingerprint density at radius 3 is 2.82 bits per heavy atom. The van der Waals surface area contributed by atoms with E-state index >= 15 is 0 Å². The molecule has 0 saturated carbocycles. The van der Waals surface area contributed by atoms with Gasteiger partial charge in [-0.15, -0.1) is 0 Å². The highest BCUT2D eigenvalue weighted by Crippen LogP contribution is 2.18. The minimum atomic E-state index is -0.0982. The number of hydrogen-bond acceptors (Lipinski definition) is 3. The first kappa shape index (κ1) is 9.36. The molecular formula is C8H17NOS. The minimum absolute atomic E-state index is 0.0982. The van der Waals surface area contributed by atoms with Gasteiger partial charge in [0.25, 0.3) is 0 Å². The summed E-state index contributed by atoms with van der Waals surface area (Å²) in [5.41, 5.74) is -0.0982. The fraction of sp³-hybridized carbons (Fsp3) is 1.00. The van der Waals surface area contributed by atoms with Crippen LogP contribution in [0.3, 0.4) is 0 Å². The molecule has 1 heterocycles. The highest BCUT2D eigenvalue weighted by molar-refractivity contribution is 7.99. The molecule has 0 aromatic carbocycles. The van der Waals surface area contributed by atoms with Crippen LogP contribution >= 0.6 is 11.8 Å². The van der Waals surface area contributed by atoms with E-state index in [4.69, 9.17) is 4.74 Å². The Morgan fingerprint density at radius 1 is 1.64 bits per heavy atom. The Balaban J connectivity index is 2.20. The summed E-state index contributed by atoms with van der Waals surface area (Å²) in [6.45, 7) is 7.32. The van der Waals surface area contributed by atoms with E-state index in [2.05, 4.69) is 26.1 Å². The van der Waals surface area contributed by atoms with Crippen molar-refractivity contribution in [3.05, 3.63) is 0 Å². The van der Waals surface area contributed by atoms with Crippen molar-refractivity contribution in [3.63, 3.8) is 0 Å². The van der Waals surface area contributed by atoms with Gasteiger partial charge < -0.3 is 4.74 Å². The van der Waals surface area contributed by atoms with Gasteiger partial charge in [-0.25, -0.2) is 0 Å². The molecule has 1 N–H and O–H groups in total. The van der Waals surface area contributed by atoms with Crippen LogP contribution in [0.1, 0.15) is 20.8 Å². The summed E-state index contributed by atoms with van der Waals surface area (Å²) in [5.74, 6) is 2.30. The van der Waals surface area contributed by atoms with Crippen molar-refractivity contribution >= 4 is 11.8 Å². The first-order valence-corrected chi connectivity index (χ1v) is 5.30. The Kier molecular flexibility index (Phi) is 3.22. The smallest absolute Gasteiger partial charge is 0.114 e. The zero-order valence-corrected chi connectivity index (χ0v) is 8.33. The lowest BCUT2D eigenvalue weighted by molar-refractivity contribution is -0.0135. The van der Waals surface area contributed by atoms with Crippen molar-refractivity contribution in [3.8, 4) is 0 Å². The van der Waals surface area contributed by atoms with E-state index in [9.17, 15) is 0 Å². The largest absolute Gasteiger partial charge is 0.356 e. The highest BCUT2D eigenvalue weighted by Gasteiger charge is 2.30. The van der Waals surface area contributed by atoms with Crippen LogP contribution in [-0.4, -0.2) is 29.9 Å². The lowest BCUT2D eigenvalue weighted by Crippen LogP contribution is -2.33. The maximum atomic E-state index is 5.72. The average molecular weight is 175 g/mol. The van der Waals surface area contributed by atoms with Gasteiger partial charge in [0.1, 0.15) is 5.72 Å². The number of hydrogen-bond donors (Lipinski definition) is 1. The van der Waals surface area contributed by atoms with E-state index in [0.29, 0.717) is 6.10 Å². The van der Waals surface area contributed by atoms with Crippen molar-refractivity contribution in [2.45, 2.75) is 32.6 Å². The normalized spacial score (nSPS) is 29.2. The highest BCUT2D eigenvalue weighted by atomic mass is 32.2. The molecule has 11 heavy (non-hydrogen) atoms. The molecule has 0 bridgehead atoms. The van der Waals surface area contributed by atoms with Crippen LogP contribution in [-0.2, 0) is 4.74 Å². The molecule has 2 nitrogen and oxygen atoms in total. The van der Waals surface area contributed by atoms with Gasteiger partial charge in [-0.2, -0.15) is 11.8 Å². The molecule has 1 fully saturated rings. The standard InChI is InChI=1S/C8H17NOS/c1-4-11-6-7-5-9-8(2,3)10-7/h7,9H,4-6H2,1-3H3. The maximum Gasteiger partial charge on any atom is 0.114 e. The van der Waals surface area contributed by atoms with Gasteiger partial charge in [-0.05, 0) is 19.6 Å². The monoisotopic (exact) mass is 175 g/mol. The van der Waals surface area contributed by atoms with Gasteiger partial charge in [-0.3, -0.25) is 5.32 Å². The molecule has 0 amide bonds. The number of nitrogens with one attached hydrogen (secondary N) is 1. The fourth-order valence-corrected chi connectivity index (χ4v) is 1.89. The summed E-state index contributed by atoms with van der Waals surface area (Å²) in [7, 11) is 0. The predicted molar refractivity (Wildman–Crippen MR) is 50.0 cm³/mol. The van der Waals surface area contributed by atoms with Gasteiger partial charge in [0.15, 0.2) is 0 Å². The third-order valence-electron chi connectivity index (χ3n) is 1.72. The molecule has 0 radical (unpaired) electrons. The van der Waals surface area contributed by atoms with Crippen LogP contribution in [0.2, 0.25) is 0 Å². The van der Waals surface area contributed by atoms with Crippen molar-refractivity contribution in [2.75, 3.05) is 18.1 Å². The molecule has 1 aliphatic heterocycles. The molecule has 0 aromatic rings. The second kappa shape index (κ2) is 3.78. The Hall–Kier alpha value is 0.270. The fourth-order valence-electron chi connectivity index (χ4n) is 1.20. The van der Waals surface area contributed by atoms with Crippen LogP contribution in [0, 0.1) is 0 Å². The molecule has 0 aliphatic carbocycles. The maximum absolute atomic E-state index is 5.72. The van der Waals surface area contributed by atoms with Crippen LogP contribution in [0.15, 0.2) is 0 Å². The Bertz CT molecular complexity index is 127. The first-order valence-electron chi connectivity index (χ1n) is 4.14. The molecule has 0 spiro atoms. The molecule has 1 saturated heterocycles. The lowest BCUT2D eigenvalue weighted by Gasteiger charge is -2.18. The summed E-state index contributed by atoms with van der Waals surface area (Å²) < 4.78 is 5.72. The number of rotatable bonds is 3. The van der Waals surface area contributed by atoms with Crippen LogP contribution in [0.25, 0.3) is 0 Å². The van der Waals surface area contributed by atoms with Gasteiger partial charge in [0, 0.05) is 12.3 Å². The van der Waals surface area contributed by atoms with Gasteiger partial charge in [-0.1, -0.05) is 6.92 Å². The quantitative estimate of drug-likeness (QED) is 0.702. The molecule has 3 heteroatoms. The van der Waals surface area contributed by atoms with E-state index < -0.39 is 0 Å². The van der Waals surface area contributed by atoms with Gasteiger partial charge >= 0.3 is 0 Å². The van der Waals surface area contributed by atoms with Crippen molar-refractivity contribution < 1.29 is 4.74 Å². The zero-order chi connectivity index (χ0) is 8.32. The summed E-state index contributed by atoms with van der Waals surface area (Å²) in [5, 5.41) is 3.32. The number of thioether (sulfide) groups is 1. The third-order valence-corrected chi connectivity index (χ3v) is 2.74. The molecule has 66 valence electrons. The Morgan fingerprint density at radius 2 is 2.36 bits per heavy atom. The van der Waals surface area contributed by atoms with Crippen LogP contribution < -0.4 is 5.32 Å². The molecule has 1 rings (SSSR count). The average Bonchev–Trinajstić information content (AvgIpc) is 2.26. The summed E-state index contributed by atoms with van der Waals surface area (Å²) >= 11 is 1.94. The second-order valence-corrected chi connectivity index (χ2v) is 4.61. The van der Waals surface area contributed by atoms with E-state index in [-0.39, 0.29) is 5.72 Å². The SMILES string of the molecule is CCSCC1CNC(C)(C)O1. The van der Waals surface area contributed by atoms with Gasteiger partial charge in [0.2, 0.25) is 0 Å². The minimum Gasteiger partial charge on any atom is -0.356 e. The van der Waals surface area contributed by atoms with E-state index in [1.165, 1.54) is 5.75 Å². The topological polar surface area (TPSA) is 21.3 Å². The molecule has 1 aliphatic rings. The lowest BCUT2D eigenvalue weighted by atomic mass is 10.3. The van der Waals surface area contributed by atoms with Gasteiger partial charge in [0.05, 0.1) is 6.10 Å². The van der Waals surface area contributed by atoms with Crippen molar-refractivity contribution in [1.82, 2.24) is 5.32 Å². The number of ether oxygens (including phenoxy) is 1. The van der Waals surface area contributed by atoms with E-state index in [1.54, 1.807) is 0 Å². The van der Waals surface area contributed by atoms with Crippen LogP contribution in [0.5, 0.6) is 0 Å². The second-order valence-electron chi connectivity index (χ2n) is 3.29. The summed E-state index contributed by atoms with van der Waals surface area (Å²) in [4.78, 5) is 0.